The van der Waals surface area contributed by atoms with Gasteiger partial charge in [-0.15, -0.1) is 0 Å². The van der Waals surface area contributed by atoms with Crippen molar-refractivity contribution in [3.8, 4) is 16.9 Å². The molecule has 4 fully saturated rings. The van der Waals surface area contributed by atoms with Crippen molar-refractivity contribution in [2.75, 3.05) is 69.3 Å². The SMILES string of the molecule is COc1cccc(F)c1-c1c(Cl)cc2c(N3CCCCC3)nc(N3CC(N4CCN(C5CC5)CC4)C3)nc2c1F. The second-order valence-electron chi connectivity index (χ2n) is 11.5. The summed E-state index contributed by atoms with van der Waals surface area (Å²) in [6.45, 7) is 7.79. The van der Waals surface area contributed by atoms with E-state index in [0.717, 1.165) is 71.2 Å². The van der Waals surface area contributed by atoms with Crippen molar-refractivity contribution in [3.05, 3.63) is 40.9 Å². The number of halogens is 3. The highest BCUT2D eigenvalue weighted by Crippen LogP contribution is 2.43. The highest BCUT2D eigenvalue weighted by molar-refractivity contribution is 6.34. The fraction of sp³-hybridized carbons (Fsp3) is 0.533. The number of fused-ring (bicyclic) bond motifs is 1. The normalized spacial score (nSPS) is 21.2. The number of anilines is 2. The van der Waals surface area contributed by atoms with Crippen LogP contribution in [0.4, 0.5) is 20.5 Å². The van der Waals surface area contributed by atoms with Crippen LogP contribution in [0.15, 0.2) is 24.3 Å². The molecule has 4 heterocycles. The van der Waals surface area contributed by atoms with Crippen molar-refractivity contribution in [1.82, 2.24) is 19.8 Å². The second kappa shape index (κ2) is 10.6. The van der Waals surface area contributed by atoms with Gasteiger partial charge >= 0.3 is 0 Å². The molecule has 0 atom stereocenters. The third kappa shape index (κ3) is 4.65. The van der Waals surface area contributed by atoms with Crippen molar-refractivity contribution in [2.24, 2.45) is 0 Å². The molecule has 40 heavy (non-hydrogen) atoms. The van der Waals surface area contributed by atoms with Gasteiger partial charge in [-0.1, -0.05) is 17.7 Å². The largest absolute Gasteiger partial charge is 0.496 e. The third-order valence-electron chi connectivity index (χ3n) is 9.03. The van der Waals surface area contributed by atoms with Gasteiger partial charge in [0.2, 0.25) is 5.95 Å². The van der Waals surface area contributed by atoms with Crippen LogP contribution in [-0.4, -0.2) is 91.3 Å². The summed E-state index contributed by atoms with van der Waals surface area (Å²) in [5, 5.41) is 0.665. The van der Waals surface area contributed by atoms with Gasteiger partial charge in [-0.25, -0.2) is 13.8 Å². The van der Waals surface area contributed by atoms with E-state index in [1.807, 2.05) is 0 Å². The van der Waals surface area contributed by atoms with Gasteiger partial charge < -0.3 is 14.5 Å². The quantitative estimate of drug-likeness (QED) is 0.405. The van der Waals surface area contributed by atoms with E-state index in [1.165, 1.54) is 38.5 Å². The highest BCUT2D eigenvalue weighted by atomic mass is 35.5. The number of aromatic nitrogens is 2. The number of benzene rings is 2. The average molecular weight is 569 g/mol. The van der Waals surface area contributed by atoms with Crippen LogP contribution < -0.4 is 14.5 Å². The zero-order chi connectivity index (χ0) is 27.4. The number of piperazine rings is 1. The van der Waals surface area contributed by atoms with Crippen LogP contribution in [0.1, 0.15) is 32.1 Å². The van der Waals surface area contributed by atoms with Crippen LogP contribution in [0.5, 0.6) is 5.75 Å². The summed E-state index contributed by atoms with van der Waals surface area (Å²) in [7, 11) is 1.44. The molecule has 3 saturated heterocycles. The zero-order valence-corrected chi connectivity index (χ0v) is 23.6. The number of rotatable bonds is 6. The molecule has 0 spiro atoms. The number of hydrogen-bond acceptors (Lipinski definition) is 7. The first-order chi connectivity index (χ1) is 19.5. The van der Waals surface area contributed by atoms with E-state index in [9.17, 15) is 0 Å². The maximum atomic E-state index is 16.5. The molecule has 1 aromatic heterocycles. The number of hydrogen-bond donors (Lipinski definition) is 0. The standard InChI is InChI=1S/C30H35ClF2N6O/c1-40-24-7-5-6-23(32)26(24)25-22(31)16-21-28(27(25)33)34-30(35-29(21)38-10-3-2-4-11-38)39-17-20(18-39)37-14-12-36(13-15-37)19-8-9-19/h5-7,16,19-20H,2-4,8-15,17-18H2,1H3. The zero-order valence-electron chi connectivity index (χ0n) is 22.9. The van der Waals surface area contributed by atoms with Crippen molar-refractivity contribution >= 4 is 34.3 Å². The lowest BCUT2D eigenvalue weighted by Crippen LogP contribution is -2.63. The monoisotopic (exact) mass is 568 g/mol. The van der Waals surface area contributed by atoms with Crippen molar-refractivity contribution in [3.63, 3.8) is 0 Å². The lowest BCUT2D eigenvalue weighted by Gasteiger charge is -2.48. The molecule has 4 aliphatic rings. The first kappa shape index (κ1) is 26.2. The van der Waals surface area contributed by atoms with Gasteiger partial charge in [0.05, 0.1) is 17.7 Å². The molecular formula is C30H35ClF2N6O. The van der Waals surface area contributed by atoms with Gasteiger partial charge in [-0.05, 0) is 50.3 Å². The highest BCUT2D eigenvalue weighted by Gasteiger charge is 2.38. The Balaban J connectivity index is 1.24. The third-order valence-corrected chi connectivity index (χ3v) is 9.32. The lowest BCUT2D eigenvalue weighted by molar-refractivity contribution is 0.0788. The van der Waals surface area contributed by atoms with E-state index in [1.54, 1.807) is 12.1 Å². The molecule has 0 N–H and O–H groups in total. The molecule has 0 bridgehead atoms. The number of piperidine rings is 1. The minimum absolute atomic E-state index is 0.00318. The molecule has 7 nitrogen and oxygen atoms in total. The summed E-state index contributed by atoms with van der Waals surface area (Å²) >= 11 is 6.68. The maximum absolute atomic E-state index is 16.5. The van der Waals surface area contributed by atoms with Crippen molar-refractivity contribution in [2.45, 2.75) is 44.2 Å². The Bertz CT molecular complexity index is 1420. The number of methoxy groups -OCH3 is 1. The topological polar surface area (TPSA) is 48.0 Å². The van der Waals surface area contributed by atoms with Crippen molar-refractivity contribution < 1.29 is 13.5 Å². The summed E-state index contributed by atoms with van der Waals surface area (Å²) < 4.78 is 36.9. The predicted molar refractivity (Wildman–Crippen MR) is 155 cm³/mol. The minimum Gasteiger partial charge on any atom is -0.496 e. The first-order valence-corrected chi connectivity index (χ1v) is 14.9. The molecule has 3 aromatic rings. The Morgan fingerprint density at radius 3 is 2.23 bits per heavy atom. The molecule has 0 amide bonds. The Labute approximate surface area is 238 Å². The number of nitrogens with zero attached hydrogens (tertiary/aromatic N) is 6. The van der Waals surface area contributed by atoms with E-state index in [2.05, 4.69) is 19.6 Å². The molecule has 7 rings (SSSR count). The van der Waals surface area contributed by atoms with Crippen LogP contribution in [0.25, 0.3) is 22.0 Å². The van der Waals surface area contributed by atoms with Gasteiger partial charge in [0, 0.05) is 75.4 Å². The second-order valence-corrected chi connectivity index (χ2v) is 11.9. The van der Waals surface area contributed by atoms with Crippen LogP contribution in [0.2, 0.25) is 5.02 Å². The van der Waals surface area contributed by atoms with E-state index in [4.69, 9.17) is 26.3 Å². The van der Waals surface area contributed by atoms with E-state index in [-0.39, 0.29) is 27.4 Å². The van der Waals surface area contributed by atoms with Crippen molar-refractivity contribution in [1.29, 1.82) is 0 Å². The number of ether oxygens (including phenoxy) is 1. The average Bonchev–Trinajstić information content (AvgIpc) is 3.80. The lowest BCUT2D eigenvalue weighted by atomic mass is 10.0. The molecule has 1 saturated carbocycles. The van der Waals surface area contributed by atoms with Crippen LogP contribution in [0.3, 0.4) is 0 Å². The molecule has 2 aromatic carbocycles. The van der Waals surface area contributed by atoms with Gasteiger partial charge in [-0.3, -0.25) is 9.80 Å². The van der Waals surface area contributed by atoms with Gasteiger partial charge in [-0.2, -0.15) is 4.98 Å². The van der Waals surface area contributed by atoms with Crippen LogP contribution >= 0.6 is 11.6 Å². The van der Waals surface area contributed by atoms with E-state index < -0.39 is 11.6 Å². The Kier molecular flexibility index (Phi) is 6.92. The van der Waals surface area contributed by atoms with Gasteiger partial charge in [0.1, 0.15) is 22.9 Å². The Morgan fingerprint density at radius 1 is 0.850 bits per heavy atom. The fourth-order valence-corrected chi connectivity index (χ4v) is 6.85. The molecule has 1 aliphatic carbocycles. The molecule has 0 unspecified atom stereocenters. The van der Waals surface area contributed by atoms with Gasteiger partial charge in [0.25, 0.3) is 0 Å². The summed E-state index contributed by atoms with van der Waals surface area (Å²) in [6.07, 6.45) is 5.98. The Hall–Kier alpha value is -2.75. The summed E-state index contributed by atoms with van der Waals surface area (Å²) in [5.41, 5.74) is 0.133. The molecular weight excluding hydrogens is 534 g/mol. The molecule has 0 radical (unpaired) electrons. The van der Waals surface area contributed by atoms with Crippen LogP contribution in [0, 0.1) is 11.6 Å². The minimum atomic E-state index is -0.652. The summed E-state index contributed by atoms with van der Waals surface area (Å²) in [4.78, 5) is 19.3. The fourth-order valence-electron chi connectivity index (χ4n) is 6.56. The smallest absolute Gasteiger partial charge is 0.228 e. The van der Waals surface area contributed by atoms with Gasteiger partial charge in [0.15, 0.2) is 5.82 Å². The van der Waals surface area contributed by atoms with E-state index in [0.29, 0.717) is 23.2 Å². The predicted octanol–water partition coefficient (Wildman–Crippen LogP) is 5.20. The maximum Gasteiger partial charge on any atom is 0.228 e. The summed E-state index contributed by atoms with van der Waals surface area (Å²) in [6, 6.07) is 7.38. The summed E-state index contributed by atoms with van der Waals surface area (Å²) in [5.74, 6) is 0.194. The molecule has 3 aliphatic heterocycles. The molecule has 212 valence electrons. The first-order valence-electron chi connectivity index (χ1n) is 14.5. The van der Waals surface area contributed by atoms with E-state index >= 15 is 8.78 Å². The van der Waals surface area contributed by atoms with Crippen LogP contribution in [-0.2, 0) is 0 Å². The molecule has 10 heteroatoms. The Morgan fingerprint density at radius 2 is 1.55 bits per heavy atom.